The Morgan fingerprint density at radius 1 is 1.04 bits per heavy atom. The summed E-state index contributed by atoms with van der Waals surface area (Å²) in [5, 5.41) is 0. The topological polar surface area (TPSA) is 57.7 Å². The van der Waals surface area contributed by atoms with Gasteiger partial charge in [0.1, 0.15) is 0 Å². The molecule has 1 saturated heterocycles. The summed E-state index contributed by atoms with van der Waals surface area (Å²) < 4.78 is 23.1. The van der Waals surface area contributed by atoms with Crippen molar-refractivity contribution in [3.05, 3.63) is 59.7 Å². The first-order valence-corrected chi connectivity index (χ1v) is 10.6. The van der Waals surface area contributed by atoms with Crippen LogP contribution in [-0.4, -0.2) is 45.6 Å². The molecule has 26 heavy (non-hydrogen) atoms. The van der Waals surface area contributed by atoms with E-state index in [9.17, 15) is 13.2 Å². The molecular formula is C20H24N2O3S. The Balaban J connectivity index is 1.76. The molecule has 0 unspecified atom stereocenters. The van der Waals surface area contributed by atoms with Gasteiger partial charge in [0.15, 0.2) is 9.84 Å². The van der Waals surface area contributed by atoms with Gasteiger partial charge in [0.05, 0.1) is 4.90 Å². The maximum atomic E-state index is 12.7. The van der Waals surface area contributed by atoms with Crippen molar-refractivity contribution in [2.75, 3.05) is 31.3 Å². The maximum absolute atomic E-state index is 12.7. The third-order valence-electron chi connectivity index (χ3n) is 4.72. The van der Waals surface area contributed by atoms with Gasteiger partial charge in [0.25, 0.3) is 5.91 Å². The number of nitrogens with zero attached hydrogens (tertiary/aromatic N) is 2. The number of sulfone groups is 1. The fourth-order valence-corrected chi connectivity index (χ4v) is 3.93. The molecule has 0 aromatic heterocycles. The van der Waals surface area contributed by atoms with Crippen molar-refractivity contribution >= 4 is 21.4 Å². The number of carbonyl (C=O) groups excluding carboxylic acids is 1. The van der Waals surface area contributed by atoms with Crippen molar-refractivity contribution in [1.82, 2.24) is 4.90 Å². The highest BCUT2D eigenvalue weighted by molar-refractivity contribution is 7.90. The minimum atomic E-state index is -3.26. The summed E-state index contributed by atoms with van der Waals surface area (Å²) in [5.41, 5.74) is 2.80. The van der Waals surface area contributed by atoms with Gasteiger partial charge in [-0.25, -0.2) is 8.42 Å². The van der Waals surface area contributed by atoms with Gasteiger partial charge in [0.2, 0.25) is 0 Å². The highest BCUT2D eigenvalue weighted by Gasteiger charge is 2.18. The van der Waals surface area contributed by atoms with Crippen molar-refractivity contribution in [1.29, 1.82) is 0 Å². The van der Waals surface area contributed by atoms with Gasteiger partial charge in [-0.15, -0.1) is 0 Å². The second kappa shape index (κ2) is 7.50. The van der Waals surface area contributed by atoms with Gasteiger partial charge in [-0.05, 0) is 48.7 Å². The van der Waals surface area contributed by atoms with Crippen LogP contribution in [0.25, 0.3) is 0 Å². The molecule has 1 amide bonds. The van der Waals surface area contributed by atoms with Gasteiger partial charge in [0, 0.05) is 44.2 Å². The molecule has 0 bridgehead atoms. The lowest BCUT2D eigenvalue weighted by molar-refractivity contribution is 0.0785. The lowest BCUT2D eigenvalue weighted by atomic mass is 10.1. The second-order valence-corrected chi connectivity index (χ2v) is 8.80. The van der Waals surface area contributed by atoms with E-state index >= 15 is 0 Å². The predicted molar refractivity (Wildman–Crippen MR) is 103 cm³/mol. The largest absolute Gasteiger partial charge is 0.371 e. The number of benzene rings is 2. The summed E-state index contributed by atoms with van der Waals surface area (Å²) in [5.74, 6) is -0.124. The minimum absolute atomic E-state index is 0.124. The van der Waals surface area contributed by atoms with Crippen molar-refractivity contribution in [3.63, 3.8) is 0 Å². The average Bonchev–Trinajstić information content (AvgIpc) is 3.15. The molecule has 3 rings (SSSR count). The molecule has 0 radical (unpaired) electrons. The van der Waals surface area contributed by atoms with Gasteiger partial charge < -0.3 is 9.80 Å². The van der Waals surface area contributed by atoms with Crippen molar-refractivity contribution in [3.8, 4) is 0 Å². The molecular weight excluding hydrogens is 348 g/mol. The number of para-hydroxylation sites is 1. The summed E-state index contributed by atoms with van der Waals surface area (Å²) in [4.78, 5) is 17.0. The van der Waals surface area contributed by atoms with E-state index in [1.54, 1.807) is 24.1 Å². The van der Waals surface area contributed by atoms with E-state index in [1.165, 1.54) is 30.7 Å². The predicted octanol–water partition coefficient (Wildman–Crippen LogP) is 2.96. The van der Waals surface area contributed by atoms with Crippen LogP contribution in [0.15, 0.2) is 53.4 Å². The van der Waals surface area contributed by atoms with E-state index in [0.717, 1.165) is 24.9 Å². The Morgan fingerprint density at radius 2 is 1.65 bits per heavy atom. The van der Waals surface area contributed by atoms with E-state index in [2.05, 4.69) is 17.0 Å². The lowest BCUT2D eigenvalue weighted by Gasteiger charge is -2.24. The average molecular weight is 372 g/mol. The number of anilines is 1. The maximum Gasteiger partial charge on any atom is 0.253 e. The van der Waals surface area contributed by atoms with Gasteiger partial charge in [-0.3, -0.25) is 4.79 Å². The van der Waals surface area contributed by atoms with Crippen LogP contribution in [0.2, 0.25) is 0 Å². The van der Waals surface area contributed by atoms with E-state index in [4.69, 9.17) is 0 Å². The zero-order valence-electron chi connectivity index (χ0n) is 15.2. The molecule has 0 saturated carbocycles. The van der Waals surface area contributed by atoms with E-state index < -0.39 is 9.84 Å². The van der Waals surface area contributed by atoms with Crippen molar-refractivity contribution in [2.45, 2.75) is 24.3 Å². The summed E-state index contributed by atoms with van der Waals surface area (Å²) in [7, 11) is -1.49. The minimum Gasteiger partial charge on any atom is -0.371 e. The van der Waals surface area contributed by atoms with Crippen LogP contribution in [0.1, 0.15) is 28.8 Å². The van der Waals surface area contributed by atoms with Crippen LogP contribution in [0.4, 0.5) is 5.69 Å². The Labute approximate surface area is 155 Å². The van der Waals surface area contributed by atoms with E-state index in [1.807, 2.05) is 12.1 Å². The number of hydrogen-bond acceptors (Lipinski definition) is 4. The molecule has 2 aromatic carbocycles. The number of carbonyl (C=O) groups is 1. The highest BCUT2D eigenvalue weighted by Crippen LogP contribution is 2.25. The molecule has 1 aliphatic rings. The van der Waals surface area contributed by atoms with Gasteiger partial charge in [-0.1, -0.05) is 18.2 Å². The Hall–Kier alpha value is -2.34. The molecule has 1 aliphatic heterocycles. The number of rotatable bonds is 5. The molecule has 0 atom stereocenters. The second-order valence-electron chi connectivity index (χ2n) is 6.78. The fraction of sp³-hybridized carbons (Fsp3) is 0.350. The van der Waals surface area contributed by atoms with Crippen LogP contribution in [0, 0.1) is 0 Å². The molecule has 6 heteroatoms. The van der Waals surface area contributed by atoms with E-state index in [-0.39, 0.29) is 10.8 Å². The fourth-order valence-electron chi connectivity index (χ4n) is 3.30. The molecule has 138 valence electrons. The standard InChI is InChI=1S/C20H24N2O3S/c1-21(20(23)16-9-11-18(12-10-16)26(2,24)25)15-17-7-3-4-8-19(17)22-13-5-6-14-22/h3-4,7-12H,5-6,13-15H2,1-2H3. The number of amides is 1. The third-order valence-corrected chi connectivity index (χ3v) is 5.85. The first-order valence-electron chi connectivity index (χ1n) is 8.75. The Bertz CT molecular complexity index is 886. The zero-order chi connectivity index (χ0) is 18.7. The molecule has 1 heterocycles. The van der Waals surface area contributed by atoms with Crippen LogP contribution in [-0.2, 0) is 16.4 Å². The molecule has 1 fully saturated rings. The number of hydrogen-bond donors (Lipinski definition) is 0. The van der Waals surface area contributed by atoms with Gasteiger partial charge >= 0.3 is 0 Å². The SMILES string of the molecule is CN(Cc1ccccc1N1CCCC1)C(=O)c1ccc(S(C)(=O)=O)cc1. The third kappa shape index (κ3) is 4.07. The monoisotopic (exact) mass is 372 g/mol. The molecule has 0 N–H and O–H groups in total. The molecule has 0 spiro atoms. The summed E-state index contributed by atoms with van der Waals surface area (Å²) in [6.45, 7) is 2.63. The zero-order valence-corrected chi connectivity index (χ0v) is 16.0. The first kappa shape index (κ1) is 18.5. The van der Waals surface area contributed by atoms with Crippen LogP contribution in [0.5, 0.6) is 0 Å². The van der Waals surface area contributed by atoms with Crippen LogP contribution in [0.3, 0.4) is 0 Å². The lowest BCUT2D eigenvalue weighted by Crippen LogP contribution is -2.28. The van der Waals surface area contributed by atoms with Crippen LogP contribution < -0.4 is 4.90 Å². The van der Waals surface area contributed by atoms with Gasteiger partial charge in [-0.2, -0.15) is 0 Å². The smallest absolute Gasteiger partial charge is 0.253 e. The highest BCUT2D eigenvalue weighted by atomic mass is 32.2. The molecule has 0 aliphatic carbocycles. The molecule has 5 nitrogen and oxygen atoms in total. The van der Waals surface area contributed by atoms with Crippen molar-refractivity contribution < 1.29 is 13.2 Å². The summed E-state index contributed by atoms with van der Waals surface area (Å²) in [6.07, 6.45) is 3.57. The van der Waals surface area contributed by atoms with Crippen molar-refractivity contribution in [2.24, 2.45) is 0 Å². The Kier molecular flexibility index (Phi) is 5.32. The molecule has 2 aromatic rings. The summed E-state index contributed by atoms with van der Waals surface area (Å²) in [6, 6.07) is 14.3. The van der Waals surface area contributed by atoms with E-state index in [0.29, 0.717) is 12.1 Å². The Morgan fingerprint density at radius 3 is 2.27 bits per heavy atom. The first-order chi connectivity index (χ1) is 12.4. The van der Waals surface area contributed by atoms with Crippen LogP contribution >= 0.6 is 0 Å². The summed E-state index contributed by atoms with van der Waals surface area (Å²) >= 11 is 0. The normalized spacial score (nSPS) is 14.5. The quantitative estimate of drug-likeness (QED) is 0.810.